The molecule has 1 atom stereocenters. The summed E-state index contributed by atoms with van der Waals surface area (Å²) in [5, 5.41) is 0.470. The van der Waals surface area contributed by atoms with Gasteiger partial charge >= 0.3 is 0 Å². The number of amides is 2. The minimum atomic E-state index is -1.04. The summed E-state index contributed by atoms with van der Waals surface area (Å²) in [7, 11) is 3.03. The fraction of sp³-hybridized carbons (Fsp3) is 0.200. The molecule has 2 heterocycles. The topological polar surface area (TPSA) is 77.1 Å². The number of para-hydroxylation sites is 1. The average Bonchev–Trinajstić information content (AvgIpc) is 3.24. The average molecular weight is 401 g/mol. The smallest absolute Gasteiger partial charge is 0.270 e. The summed E-state index contributed by atoms with van der Waals surface area (Å²) in [5.74, 6) is -0.0143. The van der Waals surface area contributed by atoms with Crippen molar-refractivity contribution in [1.29, 1.82) is 0 Å². The summed E-state index contributed by atoms with van der Waals surface area (Å²) in [6.45, 7) is 1.76. The molecule has 7 nitrogen and oxygen atoms in total. The molecule has 1 saturated heterocycles. The third-order valence-electron chi connectivity index (χ3n) is 4.84. The second-order valence-electron chi connectivity index (χ2n) is 6.29. The van der Waals surface area contributed by atoms with Gasteiger partial charge < -0.3 is 9.47 Å². The minimum absolute atomic E-state index is 0.218. The van der Waals surface area contributed by atoms with Gasteiger partial charge in [-0.2, -0.15) is 0 Å². The van der Waals surface area contributed by atoms with Crippen LogP contribution in [0, 0.1) is 6.92 Å². The molecule has 4 rings (SSSR count). The van der Waals surface area contributed by atoms with Crippen molar-refractivity contribution in [3.63, 3.8) is 0 Å². The second kappa shape index (κ2) is 6.85. The summed E-state index contributed by atoms with van der Waals surface area (Å²) in [5.41, 5.74) is 4.94. The fourth-order valence-electron chi connectivity index (χ4n) is 3.44. The Labute approximate surface area is 166 Å². The SMILES string of the molecule is COc1cccc(C2=C3C(=O)N(c4cccc(Cl)c4C)C(=O)[C@H]3ON2)c1OC. The van der Waals surface area contributed by atoms with Crippen molar-refractivity contribution in [2.24, 2.45) is 0 Å². The van der Waals surface area contributed by atoms with E-state index in [0.29, 0.717) is 39.0 Å². The van der Waals surface area contributed by atoms with Gasteiger partial charge in [0.05, 0.1) is 31.2 Å². The zero-order valence-electron chi connectivity index (χ0n) is 15.4. The lowest BCUT2D eigenvalue weighted by molar-refractivity contribution is -0.127. The number of anilines is 1. The molecule has 8 heteroatoms. The number of ether oxygens (including phenoxy) is 2. The van der Waals surface area contributed by atoms with Gasteiger partial charge in [0, 0.05) is 10.6 Å². The number of carbonyl (C=O) groups is 2. The molecule has 0 aliphatic carbocycles. The highest BCUT2D eigenvalue weighted by atomic mass is 35.5. The molecule has 0 spiro atoms. The molecule has 2 aliphatic heterocycles. The first-order valence-electron chi connectivity index (χ1n) is 8.50. The van der Waals surface area contributed by atoms with Crippen molar-refractivity contribution >= 4 is 34.8 Å². The van der Waals surface area contributed by atoms with Gasteiger partial charge in [-0.25, -0.2) is 4.90 Å². The highest BCUT2D eigenvalue weighted by Crippen LogP contribution is 2.42. The zero-order chi connectivity index (χ0) is 20.0. The van der Waals surface area contributed by atoms with Crippen molar-refractivity contribution in [2.45, 2.75) is 13.0 Å². The lowest BCUT2D eigenvalue weighted by Crippen LogP contribution is -2.34. The Morgan fingerprint density at radius 1 is 1.11 bits per heavy atom. The van der Waals surface area contributed by atoms with E-state index in [1.807, 2.05) is 0 Å². The summed E-state index contributed by atoms with van der Waals surface area (Å²) in [4.78, 5) is 32.7. The number of rotatable bonds is 4. The second-order valence-corrected chi connectivity index (χ2v) is 6.70. The zero-order valence-corrected chi connectivity index (χ0v) is 16.2. The molecular formula is C20H17ClN2O5. The molecule has 2 aliphatic rings. The molecule has 0 saturated carbocycles. The van der Waals surface area contributed by atoms with E-state index in [1.165, 1.54) is 14.2 Å². The number of methoxy groups -OCH3 is 2. The normalized spacial score (nSPS) is 18.4. The van der Waals surface area contributed by atoms with Crippen LogP contribution in [-0.2, 0) is 14.4 Å². The van der Waals surface area contributed by atoms with E-state index in [0.717, 1.165) is 4.90 Å². The highest BCUT2D eigenvalue weighted by molar-refractivity contribution is 6.35. The Morgan fingerprint density at radius 3 is 2.57 bits per heavy atom. The first kappa shape index (κ1) is 18.3. The number of fused-ring (bicyclic) bond motifs is 1. The van der Waals surface area contributed by atoms with Gasteiger partial charge in [0.15, 0.2) is 17.6 Å². The van der Waals surface area contributed by atoms with Gasteiger partial charge in [-0.15, -0.1) is 0 Å². The molecule has 0 aromatic heterocycles. The molecule has 0 unspecified atom stereocenters. The summed E-state index contributed by atoms with van der Waals surface area (Å²) < 4.78 is 10.8. The van der Waals surface area contributed by atoms with E-state index in [-0.39, 0.29) is 5.57 Å². The number of nitrogens with zero attached hydrogens (tertiary/aromatic N) is 1. The number of hydrogen-bond acceptors (Lipinski definition) is 6. The minimum Gasteiger partial charge on any atom is -0.493 e. The van der Waals surface area contributed by atoms with E-state index in [1.54, 1.807) is 43.3 Å². The van der Waals surface area contributed by atoms with Crippen LogP contribution < -0.4 is 19.9 Å². The van der Waals surface area contributed by atoms with E-state index >= 15 is 0 Å². The first-order valence-corrected chi connectivity index (χ1v) is 8.88. The largest absolute Gasteiger partial charge is 0.493 e. The Hall–Kier alpha value is -3.03. The third kappa shape index (κ3) is 2.55. The molecule has 144 valence electrons. The van der Waals surface area contributed by atoms with Crippen LogP contribution in [0.3, 0.4) is 0 Å². The van der Waals surface area contributed by atoms with Crippen LogP contribution in [0.5, 0.6) is 11.5 Å². The number of hydrogen-bond donors (Lipinski definition) is 1. The Bertz CT molecular complexity index is 1030. The number of imide groups is 1. The first-order chi connectivity index (χ1) is 13.5. The summed E-state index contributed by atoms with van der Waals surface area (Å²) in [6.07, 6.45) is -1.04. The van der Waals surface area contributed by atoms with Gasteiger partial charge in [0.1, 0.15) is 0 Å². The summed E-state index contributed by atoms with van der Waals surface area (Å²) >= 11 is 6.17. The van der Waals surface area contributed by atoms with Gasteiger partial charge in [0.25, 0.3) is 11.8 Å². The van der Waals surface area contributed by atoms with E-state index < -0.39 is 17.9 Å². The monoisotopic (exact) mass is 400 g/mol. The van der Waals surface area contributed by atoms with Crippen molar-refractivity contribution in [3.05, 3.63) is 58.1 Å². The maximum atomic E-state index is 13.2. The number of nitrogens with one attached hydrogen (secondary N) is 1. The Balaban J connectivity index is 1.86. The molecule has 28 heavy (non-hydrogen) atoms. The van der Waals surface area contributed by atoms with Crippen LogP contribution in [0.15, 0.2) is 42.0 Å². The van der Waals surface area contributed by atoms with Gasteiger partial charge in [-0.05, 0) is 36.8 Å². The molecule has 2 aromatic rings. The predicted octanol–water partition coefficient (Wildman–Crippen LogP) is 2.85. The van der Waals surface area contributed by atoms with Crippen LogP contribution in [0.2, 0.25) is 5.02 Å². The van der Waals surface area contributed by atoms with Crippen molar-refractivity contribution in [3.8, 4) is 11.5 Å². The number of carbonyl (C=O) groups excluding carboxylic acids is 2. The van der Waals surface area contributed by atoms with Crippen LogP contribution in [0.4, 0.5) is 5.69 Å². The predicted molar refractivity (Wildman–Crippen MR) is 103 cm³/mol. The molecule has 0 radical (unpaired) electrons. The molecule has 0 bridgehead atoms. The molecular weight excluding hydrogens is 384 g/mol. The Kier molecular flexibility index (Phi) is 4.49. The molecule has 1 N–H and O–H groups in total. The standard InChI is InChI=1S/C20H17ClN2O5/c1-10-12(21)7-5-8-13(10)23-19(24)15-16(22-28-18(15)20(23)25)11-6-4-9-14(26-2)17(11)27-3/h4-9,18,22H,1-3H3/t18-/m0/s1. The molecule has 2 amide bonds. The fourth-order valence-corrected chi connectivity index (χ4v) is 3.61. The van der Waals surface area contributed by atoms with E-state index in [4.69, 9.17) is 25.9 Å². The summed E-state index contributed by atoms with van der Waals surface area (Å²) in [6, 6.07) is 10.3. The van der Waals surface area contributed by atoms with Gasteiger partial charge in [-0.1, -0.05) is 23.7 Å². The quantitative estimate of drug-likeness (QED) is 0.795. The third-order valence-corrected chi connectivity index (χ3v) is 5.25. The number of benzene rings is 2. The lowest BCUT2D eigenvalue weighted by Gasteiger charge is -2.19. The maximum Gasteiger partial charge on any atom is 0.270 e. The highest BCUT2D eigenvalue weighted by Gasteiger charge is 2.51. The van der Waals surface area contributed by atoms with Crippen molar-refractivity contribution in [2.75, 3.05) is 19.1 Å². The number of hydroxylamine groups is 1. The van der Waals surface area contributed by atoms with Crippen molar-refractivity contribution < 1.29 is 23.9 Å². The maximum absolute atomic E-state index is 13.2. The molecule has 2 aromatic carbocycles. The molecule has 1 fully saturated rings. The Morgan fingerprint density at radius 2 is 1.86 bits per heavy atom. The van der Waals surface area contributed by atoms with E-state index in [9.17, 15) is 9.59 Å². The van der Waals surface area contributed by atoms with Gasteiger partial charge in [-0.3, -0.25) is 19.9 Å². The number of halogens is 1. The van der Waals surface area contributed by atoms with E-state index in [2.05, 4.69) is 5.48 Å². The van der Waals surface area contributed by atoms with Crippen LogP contribution in [-0.4, -0.2) is 32.1 Å². The van der Waals surface area contributed by atoms with Crippen molar-refractivity contribution in [1.82, 2.24) is 5.48 Å². The van der Waals surface area contributed by atoms with Crippen LogP contribution in [0.25, 0.3) is 5.70 Å². The van der Waals surface area contributed by atoms with Crippen LogP contribution in [0.1, 0.15) is 11.1 Å². The van der Waals surface area contributed by atoms with Gasteiger partial charge in [0.2, 0.25) is 0 Å². The lowest BCUT2D eigenvalue weighted by atomic mass is 10.0. The van der Waals surface area contributed by atoms with Crippen LogP contribution >= 0.6 is 11.6 Å².